The maximum absolute atomic E-state index is 11.6. The van der Waals surface area contributed by atoms with Gasteiger partial charge in [-0.1, -0.05) is 0 Å². The molecule has 0 fully saturated rings. The van der Waals surface area contributed by atoms with Crippen molar-refractivity contribution in [2.45, 2.75) is 19.4 Å². The highest BCUT2D eigenvalue weighted by Crippen LogP contribution is 2.35. The lowest BCUT2D eigenvalue weighted by atomic mass is 9.85. The number of carboxylic acid groups (broad SMARTS) is 1. The zero-order chi connectivity index (χ0) is 14.4. The average molecular weight is 264 g/mol. The van der Waals surface area contributed by atoms with Gasteiger partial charge in [0.2, 0.25) is 0 Å². The normalized spacial score (nSPS) is 29.5. The molecule has 2 unspecified atom stereocenters. The minimum absolute atomic E-state index is 0.0155. The molecule has 0 radical (unpaired) electrons. The molecule has 1 heterocycles. The Hall–Kier alpha value is -2.44. The predicted octanol–water partition coefficient (Wildman–Crippen LogP) is -0.285. The van der Waals surface area contributed by atoms with Gasteiger partial charge < -0.3 is 14.6 Å². The van der Waals surface area contributed by atoms with Crippen molar-refractivity contribution in [1.82, 2.24) is 0 Å². The number of carbonyl (C=O) groups excluding carboxylic acids is 2. The van der Waals surface area contributed by atoms with Crippen molar-refractivity contribution >= 4 is 11.9 Å². The van der Waals surface area contributed by atoms with Gasteiger partial charge in [-0.05, 0) is 24.6 Å². The van der Waals surface area contributed by atoms with Gasteiger partial charge in [-0.3, -0.25) is 14.9 Å². The van der Waals surface area contributed by atoms with Crippen molar-refractivity contribution in [2.75, 3.05) is 0 Å². The molecule has 0 bridgehead atoms. The topological polar surface area (TPSA) is 110 Å². The number of aliphatic carboxylic acids is 1. The van der Waals surface area contributed by atoms with E-state index in [2.05, 4.69) is 0 Å². The first-order valence-electron chi connectivity index (χ1n) is 5.46. The Morgan fingerprint density at radius 1 is 1.53 bits per heavy atom. The van der Waals surface area contributed by atoms with Crippen LogP contribution in [0.3, 0.4) is 0 Å². The number of hydrogen-bond acceptors (Lipinski definition) is 6. The van der Waals surface area contributed by atoms with Gasteiger partial charge in [0.1, 0.15) is 11.7 Å². The molecular weight excluding hydrogens is 254 g/mol. The second-order valence-corrected chi connectivity index (χ2v) is 4.59. The molecule has 0 aromatic heterocycles. The first kappa shape index (κ1) is 13.0. The Labute approximate surface area is 108 Å². The van der Waals surface area contributed by atoms with E-state index in [9.17, 15) is 24.8 Å². The second kappa shape index (κ2) is 4.04. The van der Waals surface area contributed by atoms with E-state index < -0.39 is 28.3 Å². The maximum Gasteiger partial charge on any atom is 0.324 e. The molecule has 2 rings (SSSR count). The van der Waals surface area contributed by atoms with E-state index in [1.165, 1.54) is 32.1 Å². The predicted molar refractivity (Wildman–Crippen MR) is 59.9 cm³/mol. The number of nitro groups is 1. The molecule has 2 atom stereocenters. The van der Waals surface area contributed by atoms with Crippen molar-refractivity contribution < 1.29 is 24.4 Å². The van der Waals surface area contributed by atoms with Crippen molar-refractivity contribution in [3.05, 3.63) is 45.2 Å². The van der Waals surface area contributed by atoms with Gasteiger partial charge in [0.25, 0.3) is 5.54 Å². The summed E-state index contributed by atoms with van der Waals surface area (Å²) in [6, 6.07) is 0. The largest absolute Gasteiger partial charge is 0.549 e. The fourth-order valence-corrected chi connectivity index (χ4v) is 2.02. The smallest absolute Gasteiger partial charge is 0.324 e. The lowest BCUT2D eigenvalue weighted by Gasteiger charge is -2.29. The van der Waals surface area contributed by atoms with Crippen molar-refractivity contribution in [2.24, 2.45) is 5.92 Å². The number of hydrogen-bond donors (Lipinski definition) is 0. The summed E-state index contributed by atoms with van der Waals surface area (Å²) in [4.78, 5) is 32.9. The van der Waals surface area contributed by atoms with Gasteiger partial charge in [-0.15, -0.1) is 0 Å². The van der Waals surface area contributed by atoms with Crippen LogP contribution in [0, 0.1) is 16.0 Å². The Morgan fingerprint density at radius 2 is 2.16 bits per heavy atom. The molecule has 0 aromatic carbocycles. The third-order valence-electron chi connectivity index (χ3n) is 3.21. The van der Waals surface area contributed by atoms with Crippen LogP contribution < -0.4 is 5.11 Å². The molecule has 7 heteroatoms. The van der Waals surface area contributed by atoms with E-state index in [0.717, 1.165) is 0 Å². The van der Waals surface area contributed by atoms with Crippen LogP contribution in [0.4, 0.5) is 0 Å². The van der Waals surface area contributed by atoms with E-state index in [-0.39, 0.29) is 11.3 Å². The molecular formula is C12H10NO6-. The Bertz CT molecular complexity index is 585. The van der Waals surface area contributed by atoms with Crippen molar-refractivity contribution in [3.8, 4) is 0 Å². The number of nitrogens with zero attached hydrogens (tertiary/aromatic N) is 1. The highest BCUT2D eigenvalue weighted by atomic mass is 16.6. The van der Waals surface area contributed by atoms with Gasteiger partial charge >= 0.3 is 5.97 Å². The molecule has 0 spiro atoms. The highest BCUT2D eigenvalue weighted by molar-refractivity contribution is 5.98. The summed E-state index contributed by atoms with van der Waals surface area (Å²) in [6.45, 7) is 2.81. The molecule has 1 aliphatic heterocycles. The fraction of sp³-hybridized carbons (Fsp3) is 0.333. The Morgan fingerprint density at radius 3 is 2.68 bits per heavy atom. The molecule has 0 N–H and O–H groups in total. The van der Waals surface area contributed by atoms with Gasteiger partial charge in [-0.2, -0.15) is 0 Å². The van der Waals surface area contributed by atoms with E-state index in [4.69, 9.17) is 4.74 Å². The number of esters is 1. The minimum Gasteiger partial charge on any atom is -0.549 e. The van der Waals surface area contributed by atoms with Crippen LogP contribution in [0.15, 0.2) is 35.1 Å². The van der Waals surface area contributed by atoms with Crippen LogP contribution in [0.2, 0.25) is 0 Å². The molecule has 7 nitrogen and oxygen atoms in total. The number of ether oxygens (including phenoxy) is 1. The highest BCUT2D eigenvalue weighted by Gasteiger charge is 2.40. The van der Waals surface area contributed by atoms with Gasteiger partial charge in [0.15, 0.2) is 0 Å². The number of carbonyl (C=O) groups is 2. The molecule has 19 heavy (non-hydrogen) atoms. The number of rotatable bonds is 2. The van der Waals surface area contributed by atoms with Gasteiger partial charge in [0, 0.05) is 23.5 Å². The molecule has 0 saturated carbocycles. The quantitative estimate of drug-likeness (QED) is 0.293. The third-order valence-corrected chi connectivity index (χ3v) is 3.21. The third kappa shape index (κ3) is 1.92. The Balaban J connectivity index is 2.54. The van der Waals surface area contributed by atoms with Gasteiger partial charge in [-0.25, -0.2) is 0 Å². The summed E-state index contributed by atoms with van der Waals surface area (Å²) in [5.41, 5.74) is -0.856. The number of carboxylic acids is 1. The van der Waals surface area contributed by atoms with E-state index in [1.807, 2.05) is 0 Å². The molecule has 0 saturated heterocycles. The molecule has 2 aliphatic rings. The van der Waals surface area contributed by atoms with E-state index in [1.54, 1.807) is 0 Å². The molecule has 0 aromatic rings. The van der Waals surface area contributed by atoms with Crippen molar-refractivity contribution in [1.29, 1.82) is 0 Å². The van der Waals surface area contributed by atoms with E-state index >= 15 is 0 Å². The summed E-state index contributed by atoms with van der Waals surface area (Å²) < 4.78 is 4.87. The Kier molecular flexibility index (Phi) is 2.77. The summed E-state index contributed by atoms with van der Waals surface area (Å²) in [5, 5.41) is 21.8. The van der Waals surface area contributed by atoms with Gasteiger partial charge in [0.05, 0.1) is 5.97 Å². The van der Waals surface area contributed by atoms with E-state index in [0.29, 0.717) is 5.57 Å². The summed E-state index contributed by atoms with van der Waals surface area (Å²) in [6.07, 6.45) is 3.91. The first-order valence-corrected chi connectivity index (χ1v) is 5.46. The summed E-state index contributed by atoms with van der Waals surface area (Å²) in [7, 11) is 0. The van der Waals surface area contributed by atoms with Crippen molar-refractivity contribution in [3.63, 3.8) is 0 Å². The van der Waals surface area contributed by atoms with Crippen LogP contribution in [0.5, 0.6) is 0 Å². The first-order chi connectivity index (χ1) is 8.76. The second-order valence-electron chi connectivity index (χ2n) is 4.59. The lowest BCUT2D eigenvalue weighted by Crippen LogP contribution is -2.42. The lowest BCUT2D eigenvalue weighted by molar-refractivity contribution is -0.536. The van der Waals surface area contributed by atoms with Crippen LogP contribution in [0.1, 0.15) is 13.8 Å². The molecule has 100 valence electrons. The molecule has 1 aliphatic carbocycles. The average Bonchev–Trinajstić information content (AvgIpc) is 2.27. The maximum atomic E-state index is 11.6. The monoisotopic (exact) mass is 264 g/mol. The van der Waals surface area contributed by atoms with Crippen LogP contribution >= 0.6 is 0 Å². The standard InChI is InChI=1S/C12H11NO6/c1-6-7-3-4-12(2,13(17)18)5-8(7)19-11(16)9(6)10(14)15/h3-5,9H,1-2H3,(H,14,15)/p-1. The van der Waals surface area contributed by atoms with Crippen LogP contribution in [-0.2, 0) is 14.3 Å². The zero-order valence-electron chi connectivity index (χ0n) is 10.2. The molecule has 0 amide bonds. The number of allylic oxidation sites excluding steroid dienone is 1. The van der Waals surface area contributed by atoms with Crippen LogP contribution in [-0.4, -0.2) is 22.4 Å². The van der Waals surface area contributed by atoms with Crippen LogP contribution in [0.25, 0.3) is 0 Å². The zero-order valence-corrected chi connectivity index (χ0v) is 10.2. The SMILES string of the molecule is CC1=C2C=CC(C)([N+](=O)[O-])C=C2OC(=O)C1C(=O)[O-]. The number of fused-ring (bicyclic) bond motifs is 1. The summed E-state index contributed by atoms with van der Waals surface area (Å²) in [5.74, 6) is -4.00. The summed E-state index contributed by atoms with van der Waals surface area (Å²) >= 11 is 0. The fourth-order valence-electron chi connectivity index (χ4n) is 2.02. The minimum atomic E-state index is -1.55.